The number of aliphatic hydroxyl groups is 1. The zero-order chi connectivity index (χ0) is 14.7. The maximum absolute atomic E-state index is 10.7. The van der Waals surface area contributed by atoms with Crippen molar-refractivity contribution in [1.82, 2.24) is 14.8 Å². The number of nitrogens with zero attached hydrogens (tertiary/aromatic N) is 4. The van der Waals surface area contributed by atoms with E-state index in [0.717, 1.165) is 5.82 Å². The first-order valence-corrected chi connectivity index (χ1v) is 5.88. The maximum Gasteiger partial charge on any atom is 0.270 e. The molecule has 2 rings (SSSR count). The zero-order valence-electron chi connectivity index (χ0n) is 11.1. The largest absolute Gasteiger partial charge is 0.485 e. The summed E-state index contributed by atoms with van der Waals surface area (Å²) in [6.07, 6.45) is 0. The lowest BCUT2D eigenvalue weighted by molar-refractivity contribution is -0.385. The van der Waals surface area contributed by atoms with Crippen molar-refractivity contribution >= 4 is 5.69 Å². The molecule has 0 atom stereocenters. The van der Waals surface area contributed by atoms with E-state index in [4.69, 9.17) is 4.74 Å². The number of ether oxygens (including phenoxy) is 1. The number of aryl methyl sites for hydroxylation is 1. The van der Waals surface area contributed by atoms with Crippen LogP contribution < -0.4 is 4.74 Å². The Balaban J connectivity index is 2.17. The molecular weight excluding hydrogens is 264 g/mol. The molecule has 0 bridgehead atoms. The van der Waals surface area contributed by atoms with Crippen LogP contribution in [0.4, 0.5) is 5.69 Å². The van der Waals surface area contributed by atoms with Crippen LogP contribution in [0.15, 0.2) is 18.2 Å². The van der Waals surface area contributed by atoms with E-state index < -0.39 is 4.92 Å². The molecule has 0 unspecified atom stereocenters. The second-order valence-electron chi connectivity index (χ2n) is 4.22. The number of nitro groups is 1. The third kappa shape index (κ3) is 2.75. The molecule has 0 spiro atoms. The molecule has 1 aromatic carbocycles. The fraction of sp³-hybridized carbons (Fsp3) is 0.333. The van der Waals surface area contributed by atoms with Crippen molar-refractivity contribution in [2.75, 3.05) is 0 Å². The first-order chi connectivity index (χ1) is 9.52. The molecule has 2 aromatic rings. The first-order valence-electron chi connectivity index (χ1n) is 5.88. The van der Waals surface area contributed by atoms with Crippen LogP contribution in [0, 0.1) is 17.0 Å². The summed E-state index contributed by atoms with van der Waals surface area (Å²) in [5.41, 5.74) is 0.272. The third-order valence-corrected chi connectivity index (χ3v) is 2.96. The Bertz CT molecular complexity index is 638. The number of aromatic nitrogens is 3. The molecule has 0 amide bonds. The van der Waals surface area contributed by atoms with Crippen molar-refractivity contribution in [1.29, 1.82) is 0 Å². The Morgan fingerprint density at radius 1 is 1.45 bits per heavy atom. The molecular formula is C12H14N4O4. The number of non-ortho nitro benzene ring substituents is 1. The van der Waals surface area contributed by atoms with Gasteiger partial charge in [-0.15, -0.1) is 10.2 Å². The van der Waals surface area contributed by atoms with E-state index in [1.54, 1.807) is 4.57 Å². The predicted octanol–water partition coefficient (Wildman–Crippen LogP) is 1.10. The average Bonchev–Trinajstić information content (AvgIpc) is 2.76. The number of benzene rings is 1. The highest BCUT2D eigenvalue weighted by atomic mass is 16.6. The Morgan fingerprint density at radius 3 is 2.75 bits per heavy atom. The van der Waals surface area contributed by atoms with Gasteiger partial charge in [-0.2, -0.15) is 0 Å². The number of rotatable bonds is 5. The highest BCUT2D eigenvalue weighted by molar-refractivity contribution is 5.43. The van der Waals surface area contributed by atoms with E-state index >= 15 is 0 Å². The smallest absolute Gasteiger partial charge is 0.270 e. The van der Waals surface area contributed by atoms with Crippen LogP contribution >= 0.6 is 0 Å². The van der Waals surface area contributed by atoms with E-state index in [9.17, 15) is 15.2 Å². The van der Waals surface area contributed by atoms with E-state index in [1.165, 1.54) is 18.2 Å². The van der Waals surface area contributed by atoms with E-state index in [0.29, 0.717) is 17.1 Å². The van der Waals surface area contributed by atoms with Crippen LogP contribution in [0.1, 0.15) is 17.2 Å². The van der Waals surface area contributed by atoms with E-state index in [1.807, 2.05) is 14.0 Å². The lowest BCUT2D eigenvalue weighted by Crippen LogP contribution is -2.06. The quantitative estimate of drug-likeness (QED) is 0.649. The summed E-state index contributed by atoms with van der Waals surface area (Å²) in [6, 6.07) is 4.08. The molecule has 0 aliphatic carbocycles. The zero-order valence-corrected chi connectivity index (χ0v) is 11.1. The van der Waals surface area contributed by atoms with Gasteiger partial charge in [0.1, 0.15) is 18.2 Å². The summed E-state index contributed by atoms with van der Waals surface area (Å²) in [5.74, 6) is 1.78. The molecule has 1 N–H and O–H groups in total. The van der Waals surface area contributed by atoms with Crippen LogP contribution in [0.3, 0.4) is 0 Å². The van der Waals surface area contributed by atoms with Gasteiger partial charge < -0.3 is 14.4 Å². The standard InChI is InChI=1S/C12H14N4O4/c1-8-13-14-12(15(8)2)7-20-11-4-3-10(16(18)19)5-9(11)6-17/h3-5,17H,6-7H2,1-2H3. The summed E-state index contributed by atoms with van der Waals surface area (Å²) in [6.45, 7) is 1.65. The van der Waals surface area contributed by atoms with Crippen molar-refractivity contribution in [2.24, 2.45) is 7.05 Å². The number of hydrogen-bond acceptors (Lipinski definition) is 6. The lowest BCUT2D eigenvalue weighted by atomic mass is 10.2. The van der Waals surface area contributed by atoms with Crippen molar-refractivity contribution in [3.63, 3.8) is 0 Å². The predicted molar refractivity (Wildman–Crippen MR) is 69.1 cm³/mol. The summed E-state index contributed by atoms with van der Waals surface area (Å²) in [7, 11) is 1.82. The molecule has 0 fully saturated rings. The van der Waals surface area contributed by atoms with E-state index in [-0.39, 0.29) is 18.9 Å². The molecule has 8 heteroatoms. The SMILES string of the molecule is Cc1nnc(COc2ccc([N+](=O)[O-])cc2CO)n1C. The topological polar surface area (TPSA) is 103 Å². The molecule has 0 radical (unpaired) electrons. The van der Waals surface area contributed by atoms with E-state index in [2.05, 4.69) is 10.2 Å². The van der Waals surface area contributed by atoms with Gasteiger partial charge in [-0.05, 0) is 13.0 Å². The minimum atomic E-state index is -0.519. The van der Waals surface area contributed by atoms with Gasteiger partial charge in [0, 0.05) is 24.7 Å². The molecule has 106 valence electrons. The fourth-order valence-corrected chi connectivity index (χ4v) is 1.66. The molecule has 0 saturated carbocycles. The van der Waals surface area contributed by atoms with Gasteiger partial charge in [-0.1, -0.05) is 0 Å². The van der Waals surface area contributed by atoms with Crippen LogP contribution in [0.5, 0.6) is 5.75 Å². The molecule has 8 nitrogen and oxygen atoms in total. The van der Waals surface area contributed by atoms with Gasteiger partial charge in [-0.3, -0.25) is 10.1 Å². The van der Waals surface area contributed by atoms with Crippen molar-refractivity contribution in [3.8, 4) is 5.75 Å². The maximum atomic E-state index is 10.7. The fourth-order valence-electron chi connectivity index (χ4n) is 1.66. The van der Waals surface area contributed by atoms with Crippen LogP contribution in [0.25, 0.3) is 0 Å². The summed E-state index contributed by atoms with van der Waals surface area (Å²) < 4.78 is 7.32. The van der Waals surface area contributed by atoms with Crippen LogP contribution in [-0.2, 0) is 20.3 Å². The third-order valence-electron chi connectivity index (χ3n) is 2.96. The van der Waals surface area contributed by atoms with Gasteiger partial charge in [0.2, 0.25) is 0 Å². The molecule has 20 heavy (non-hydrogen) atoms. The molecule has 0 saturated heterocycles. The Morgan fingerprint density at radius 2 is 2.20 bits per heavy atom. The van der Waals surface area contributed by atoms with Crippen molar-refractivity contribution in [2.45, 2.75) is 20.1 Å². The number of aliphatic hydroxyl groups excluding tert-OH is 1. The minimum absolute atomic E-state index is 0.0871. The summed E-state index contributed by atoms with van der Waals surface area (Å²) in [5, 5.41) is 27.8. The molecule has 1 aromatic heterocycles. The molecule has 0 aliphatic heterocycles. The Hall–Kier alpha value is -2.48. The summed E-state index contributed by atoms with van der Waals surface area (Å²) in [4.78, 5) is 10.1. The number of nitro benzene ring substituents is 1. The van der Waals surface area contributed by atoms with Crippen LogP contribution in [0.2, 0.25) is 0 Å². The molecule has 0 aliphatic rings. The normalized spacial score (nSPS) is 10.6. The second kappa shape index (κ2) is 5.66. The van der Waals surface area contributed by atoms with Crippen LogP contribution in [-0.4, -0.2) is 24.8 Å². The van der Waals surface area contributed by atoms with Gasteiger partial charge >= 0.3 is 0 Å². The Labute approximate surface area is 114 Å². The molecule has 1 heterocycles. The van der Waals surface area contributed by atoms with Crippen molar-refractivity contribution in [3.05, 3.63) is 45.5 Å². The summed E-state index contributed by atoms with van der Waals surface area (Å²) >= 11 is 0. The minimum Gasteiger partial charge on any atom is -0.485 e. The average molecular weight is 278 g/mol. The highest BCUT2D eigenvalue weighted by Gasteiger charge is 2.12. The highest BCUT2D eigenvalue weighted by Crippen LogP contribution is 2.24. The van der Waals surface area contributed by atoms with Gasteiger partial charge in [-0.25, -0.2) is 0 Å². The lowest BCUT2D eigenvalue weighted by Gasteiger charge is -2.09. The monoisotopic (exact) mass is 278 g/mol. The van der Waals surface area contributed by atoms with Gasteiger partial charge in [0.25, 0.3) is 5.69 Å². The van der Waals surface area contributed by atoms with Gasteiger partial charge in [0.15, 0.2) is 5.82 Å². The van der Waals surface area contributed by atoms with Gasteiger partial charge in [0.05, 0.1) is 11.5 Å². The second-order valence-corrected chi connectivity index (χ2v) is 4.22. The first kappa shape index (κ1) is 13.9. The Kier molecular flexibility index (Phi) is 3.94. The van der Waals surface area contributed by atoms with Crippen molar-refractivity contribution < 1.29 is 14.8 Å². The number of hydrogen-bond donors (Lipinski definition) is 1.